The molecule has 2 heterocycles. The van der Waals surface area contributed by atoms with E-state index in [-0.39, 0.29) is 5.96 Å². The first-order valence-electron chi connectivity index (χ1n) is 4.33. The molecule has 0 amide bonds. The van der Waals surface area contributed by atoms with Crippen molar-refractivity contribution in [2.24, 2.45) is 31.4 Å². The molecule has 0 aromatic heterocycles. The summed E-state index contributed by atoms with van der Waals surface area (Å²) in [5.41, 5.74) is 11.5. The van der Waals surface area contributed by atoms with Crippen LogP contribution in [0.3, 0.4) is 0 Å². The molecule has 11 nitrogen and oxygen atoms in total. The molecule has 0 aromatic carbocycles. The monoisotopic (exact) mass is 278 g/mol. The summed E-state index contributed by atoms with van der Waals surface area (Å²) in [6.45, 7) is 0. The van der Waals surface area contributed by atoms with Gasteiger partial charge in [-0.25, -0.2) is 14.5 Å². The minimum absolute atomic E-state index is 0.0392. The van der Waals surface area contributed by atoms with Crippen LogP contribution in [0.5, 0.6) is 0 Å². The van der Waals surface area contributed by atoms with E-state index in [1.54, 1.807) is 0 Å². The standard InChI is InChI=1S/C6H8N6O.H3O4P/c1-13-6(8)3-4(10-2-9-3)11-5(7)12-6;1-5(2,3)4/h2H,8H2,1H3,(H2,7,12);(H3,1,2,3,4). The summed E-state index contributed by atoms with van der Waals surface area (Å²) >= 11 is 0. The van der Waals surface area contributed by atoms with Crippen molar-refractivity contribution in [1.29, 1.82) is 0 Å². The first-order valence-corrected chi connectivity index (χ1v) is 5.90. The number of guanidine groups is 1. The van der Waals surface area contributed by atoms with Gasteiger partial charge >= 0.3 is 7.82 Å². The van der Waals surface area contributed by atoms with Gasteiger partial charge in [-0.15, -0.1) is 0 Å². The second kappa shape index (κ2) is 5.02. The molecule has 0 saturated carbocycles. The molecule has 7 N–H and O–H groups in total. The Morgan fingerprint density at radius 3 is 2.50 bits per heavy atom. The van der Waals surface area contributed by atoms with Gasteiger partial charge in [-0.3, -0.25) is 5.73 Å². The van der Waals surface area contributed by atoms with Gasteiger partial charge in [0, 0.05) is 7.11 Å². The van der Waals surface area contributed by atoms with Crippen molar-refractivity contribution in [3.63, 3.8) is 0 Å². The van der Waals surface area contributed by atoms with Crippen molar-refractivity contribution >= 4 is 31.7 Å². The maximum atomic E-state index is 8.88. The highest BCUT2D eigenvalue weighted by molar-refractivity contribution is 7.45. The summed E-state index contributed by atoms with van der Waals surface area (Å²) in [4.78, 5) is 37.0. The predicted molar refractivity (Wildman–Crippen MR) is 63.2 cm³/mol. The van der Waals surface area contributed by atoms with Gasteiger partial charge in [0.25, 0.3) is 5.85 Å². The zero-order chi connectivity index (χ0) is 14.0. The second-order valence-corrected chi connectivity index (χ2v) is 4.07. The van der Waals surface area contributed by atoms with Crippen LogP contribution in [0.15, 0.2) is 20.0 Å². The number of ether oxygens (including phenoxy) is 1. The first-order chi connectivity index (χ1) is 8.15. The number of fused-ring (bicyclic) bond motifs is 1. The third-order valence-electron chi connectivity index (χ3n) is 1.73. The summed E-state index contributed by atoms with van der Waals surface area (Å²) in [5, 5.41) is 0. The number of phosphoric acid groups is 1. The Balaban J connectivity index is 0.000000280. The van der Waals surface area contributed by atoms with E-state index in [4.69, 9.17) is 35.4 Å². The topological polar surface area (TPSA) is 188 Å². The number of nitrogens with two attached hydrogens (primary N) is 2. The van der Waals surface area contributed by atoms with Crippen LogP contribution in [0.25, 0.3) is 0 Å². The highest BCUT2D eigenvalue weighted by atomic mass is 31.2. The smallest absolute Gasteiger partial charge is 0.368 e. The zero-order valence-corrected chi connectivity index (χ0v) is 10.0. The van der Waals surface area contributed by atoms with Crippen molar-refractivity contribution < 1.29 is 24.0 Å². The van der Waals surface area contributed by atoms with Crippen molar-refractivity contribution in [2.45, 2.75) is 5.85 Å². The Bertz CT molecular complexity index is 498. The number of amidine groups is 1. The lowest BCUT2D eigenvalue weighted by molar-refractivity contribution is 0.0649. The Morgan fingerprint density at radius 1 is 1.44 bits per heavy atom. The molecule has 0 bridgehead atoms. The SMILES string of the molecule is COC1(N)N=C(N)N=C2N=CN=C21.O=P(O)(O)O. The number of hydrogen-bond donors (Lipinski definition) is 5. The predicted octanol–water partition coefficient (Wildman–Crippen LogP) is -2.47. The van der Waals surface area contributed by atoms with E-state index in [1.807, 2.05) is 0 Å². The molecular weight excluding hydrogens is 267 g/mol. The Morgan fingerprint density at radius 2 is 2.00 bits per heavy atom. The quantitative estimate of drug-likeness (QED) is 0.259. The molecule has 0 saturated heterocycles. The van der Waals surface area contributed by atoms with E-state index in [9.17, 15) is 0 Å². The number of hydrogen-bond acceptors (Lipinski definition) is 8. The Hall–Kier alpha value is -1.49. The molecule has 0 spiro atoms. The Kier molecular flexibility index (Phi) is 4.06. The molecule has 12 heteroatoms. The molecule has 1 atom stereocenters. The highest BCUT2D eigenvalue weighted by Gasteiger charge is 2.39. The van der Waals surface area contributed by atoms with Crippen molar-refractivity contribution in [3.8, 4) is 0 Å². The minimum Gasteiger partial charge on any atom is -0.368 e. The van der Waals surface area contributed by atoms with Gasteiger partial charge in [0.1, 0.15) is 6.34 Å². The van der Waals surface area contributed by atoms with Crippen LogP contribution in [0, 0.1) is 0 Å². The molecule has 100 valence electrons. The number of nitrogens with zero attached hydrogens (tertiary/aromatic N) is 4. The van der Waals surface area contributed by atoms with Crippen LogP contribution in [-0.2, 0) is 9.30 Å². The summed E-state index contributed by atoms with van der Waals surface area (Å²) in [5.74, 6) is -0.952. The normalized spacial score (nSPS) is 25.5. The van der Waals surface area contributed by atoms with E-state index >= 15 is 0 Å². The maximum absolute atomic E-state index is 8.88. The molecule has 2 rings (SSSR count). The highest BCUT2D eigenvalue weighted by Crippen LogP contribution is 2.25. The molecule has 2 aliphatic heterocycles. The van der Waals surface area contributed by atoms with E-state index in [0.29, 0.717) is 11.5 Å². The summed E-state index contributed by atoms with van der Waals surface area (Å²) < 4.78 is 13.9. The lowest BCUT2D eigenvalue weighted by Crippen LogP contribution is -2.53. The van der Waals surface area contributed by atoms with Crippen LogP contribution in [0.2, 0.25) is 0 Å². The summed E-state index contributed by atoms with van der Waals surface area (Å²) in [6, 6.07) is 0. The lowest BCUT2D eigenvalue weighted by atomic mass is 10.2. The largest absolute Gasteiger partial charge is 0.466 e. The van der Waals surface area contributed by atoms with Crippen LogP contribution in [0.4, 0.5) is 0 Å². The molecule has 0 fully saturated rings. The molecule has 1 unspecified atom stereocenters. The molecule has 0 aromatic rings. The van der Waals surface area contributed by atoms with Crippen LogP contribution in [0.1, 0.15) is 0 Å². The summed E-state index contributed by atoms with van der Waals surface area (Å²) in [7, 11) is -3.22. The van der Waals surface area contributed by atoms with Gasteiger partial charge in [0.2, 0.25) is 5.96 Å². The fourth-order valence-electron chi connectivity index (χ4n) is 1.09. The number of methoxy groups -OCH3 is 1. The molecular formula is C6H11N6O5P. The number of rotatable bonds is 1. The van der Waals surface area contributed by atoms with Crippen molar-refractivity contribution in [2.75, 3.05) is 7.11 Å². The molecule has 0 radical (unpaired) electrons. The van der Waals surface area contributed by atoms with Gasteiger partial charge in [-0.2, -0.15) is 9.98 Å². The zero-order valence-electron chi connectivity index (χ0n) is 9.13. The fourth-order valence-corrected chi connectivity index (χ4v) is 1.09. The minimum atomic E-state index is -4.64. The van der Waals surface area contributed by atoms with Gasteiger partial charge in [0.15, 0.2) is 11.5 Å². The third-order valence-corrected chi connectivity index (χ3v) is 1.73. The second-order valence-electron chi connectivity index (χ2n) is 3.04. The van der Waals surface area contributed by atoms with Gasteiger partial charge in [-0.1, -0.05) is 0 Å². The number of aliphatic imine (C=N–C) groups is 4. The van der Waals surface area contributed by atoms with Gasteiger partial charge in [-0.05, 0) is 0 Å². The third kappa shape index (κ3) is 3.77. The van der Waals surface area contributed by atoms with Crippen molar-refractivity contribution in [3.05, 3.63) is 0 Å². The average Bonchev–Trinajstić information content (AvgIpc) is 2.63. The average molecular weight is 278 g/mol. The molecule has 2 aliphatic rings. The molecule has 18 heavy (non-hydrogen) atoms. The van der Waals surface area contributed by atoms with Crippen LogP contribution >= 0.6 is 7.82 Å². The van der Waals surface area contributed by atoms with Crippen molar-refractivity contribution in [1.82, 2.24) is 0 Å². The van der Waals surface area contributed by atoms with Crippen LogP contribution < -0.4 is 11.5 Å². The molecule has 0 aliphatic carbocycles. The summed E-state index contributed by atoms with van der Waals surface area (Å²) in [6.07, 6.45) is 1.34. The van der Waals surface area contributed by atoms with Crippen LogP contribution in [-0.4, -0.2) is 51.5 Å². The maximum Gasteiger partial charge on any atom is 0.466 e. The van der Waals surface area contributed by atoms with Gasteiger partial charge in [0.05, 0.1) is 0 Å². The van der Waals surface area contributed by atoms with Gasteiger partial charge < -0.3 is 25.2 Å². The fraction of sp³-hybridized carbons (Fsp3) is 0.333. The van der Waals surface area contributed by atoms with E-state index in [2.05, 4.69) is 20.0 Å². The van der Waals surface area contributed by atoms with E-state index in [1.165, 1.54) is 13.4 Å². The van der Waals surface area contributed by atoms with E-state index in [0.717, 1.165) is 0 Å². The first kappa shape index (κ1) is 14.6. The van der Waals surface area contributed by atoms with E-state index < -0.39 is 13.7 Å². The Labute approximate surface area is 101 Å². The lowest BCUT2D eigenvalue weighted by Gasteiger charge is -2.25.